The largest absolute Gasteiger partial charge is 0.497 e. The van der Waals surface area contributed by atoms with Crippen LogP contribution in [0.15, 0.2) is 24.3 Å². The van der Waals surface area contributed by atoms with Gasteiger partial charge in [-0.15, -0.1) is 11.8 Å². The van der Waals surface area contributed by atoms with E-state index in [9.17, 15) is 9.59 Å². The van der Waals surface area contributed by atoms with Gasteiger partial charge in [0.25, 0.3) is 0 Å². The van der Waals surface area contributed by atoms with E-state index in [1.54, 1.807) is 18.9 Å². The van der Waals surface area contributed by atoms with Gasteiger partial charge in [0.1, 0.15) is 5.75 Å². The number of ether oxygens (including phenoxy) is 1. The first-order chi connectivity index (χ1) is 12.6. The standard InChI is InChI=1S/C20H26N2O3S/c1-25-17-8-4-7-16(13-17)22-18(23)14-26-20(22)9-11-21(12-10-20)19(24)15-5-2-3-6-15/h4,7-8,13,15H,2-3,5-6,9-12,14H2,1H3. The monoisotopic (exact) mass is 374 g/mol. The van der Waals surface area contributed by atoms with Crippen LogP contribution in [0, 0.1) is 5.92 Å². The van der Waals surface area contributed by atoms with E-state index in [1.165, 1.54) is 12.8 Å². The highest BCUT2D eigenvalue weighted by Crippen LogP contribution is 2.47. The maximum atomic E-state index is 12.7. The van der Waals surface area contributed by atoms with Crippen LogP contribution < -0.4 is 9.64 Å². The zero-order valence-electron chi connectivity index (χ0n) is 15.3. The topological polar surface area (TPSA) is 49.9 Å². The van der Waals surface area contributed by atoms with E-state index in [0.29, 0.717) is 11.7 Å². The lowest BCUT2D eigenvalue weighted by molar-refractivity contribution is -0.136. The fourth-order valence-corrected chi connectivity index (χ4v) is 5.89. The molecule has 5 nitrogen and oxygen atoms in total. The molecule has 6 heteroatoms. The molecule has 1 aliphatic carbocycles. The summed E-state index contributed by atoms with van der Waals surface area (Å²) >= 11 is 1.73. The minimum absolute atomic E-state index is 0.152. The molecular weight excluding hydrogens is 348 g/mol. The van der Waals surface area contributed by atoms with Crippen LogP contribution in [0.3, 0.4) is 0 Å². The molecule has 2 aliphatic heterocycles. The number of carbonyl (C=O) groups excluding carboxylic acids is 2. The molecule has 1 aromatic carbocycles. The summed E-state index contributed by atoms with van der Waals surface area (Å²) in [5.74, 6) is 1.99. The van der Waals surface area contributed by atoms with Crippen LogP contribution in [0.1, 0.15) is 38.5 Å². The van der Waals surface area contributed by atoms with Crippen LogP contribution in [0.4, 0.5) is 5.69 Å². The summed E-state index contributed by atoms with van der Waals surface area (Å²) in [7, 11) is 1.64. The highest BCUT2D eigenvalue weighted by atomic mass is 32.2. The van der Waals surface area contributed by atoms with Gasteiger partial charge < -0.3 is 9.64 Å². The third-order valence-electron chi connectivity index (χ3n) is 5.99. The van der Waals surface area contributed by atoms with Gasteiger partial charge in [0.05, 0.1) is 17.7 Å². The van der Waals surface area contributed by atoms with Crippen LogP contribution in [-0.2, 0) is 9.59 Å². The van der Waals surface area contributed by atoms with Gasteiger partial charge in [-0.1, -0.05) is 18.9 Å². The highest BCUT2D eigenvalue weighted by molar-refractivity contribution is 8.02. The van der Waals surface area contributed by atoms with Crippen molar-refractivity contribution in [2.24, 2.45) is 5.92 Å². The normalized spacial score (nSPS) is 23.0. The van der Waals surface area contributed by atoms with Crippen molar-refractivity contribution in [2.75, 3.05) is 30.9 Å². The number of benzene rings is 1. The van der Waals surface area contributed by atoms with E-state index in [1.807, 2.05) is 34.1 Å². The van der Waals surface area contributed by atoms with E-state index in [0.717, 1.165) is 50.2 Å². The van der Waals surface area contributed by atoms with Crippen molar-refractivity contribution in [2.45, 2.75) is 43.4 Å². The summed E-state index contributed by atoms with van der Waals surface area (Å²) in [5.41, 5.74) is 0.898. The molecule has 0 aromatic heterocycles. The molecule has 0 radical (unpaired) electrons. The number of piperidine rings is 1. The van der Waals surface area contributed by atoms with Gasteiger partial charge in [0.15, 0.2) is 0 Å². The number of carbonyl (C=O) groups is 2. The predicted octanol–water partition coefficient (Wildman–Crippen LogP) is 3.28. The Morgan fingerprint density at radius 1 is 1.23 bits per heavy atom. The summed E-state index contributed by atoms with van der Waals surface area (Å²) in [5, 5.41) is 0. The average Bonchev–Trinajstić information content (AvgIpc) is 3.31. The van der Waals surface area contributed by atoms with Gasteiger partial charge in [0, 0.05) is 30.8 Å². The molecule has 2 amide bonds. The number of amides is 2. The smallest absolute Gasteiger partial charge is 0.238 e. The molecule has 1 spiro atoms. The van der Waals surface area contributed by atoms with Crippen molar-refractivity contribution in [1.82, 2.24) is 4.90 Å². The number of anilines is 1. The Kier molecular flexibility index (Phi) is 4.86. The molecule has 0 unspecified atom stereocenters. The molecule has 4 rings (SSSR count). The minimum atomic E-state index is -0.226. The van der Waals surface area contributed by atoms with Crippen LogP contribution in [0.25, 0.3) is 0 Å². The molecule has 0 atom stereocenters. The van der Waals surface area contributed by atoms with Crippen molar-refractivity contribution < 1.29 is 14.3 Å². The van der Waals surface area contributed by atoms with Gasteiger partial charge in [-0.2, -0.15) is 0 Å². The second kappa shape index (κ2) is 7.14. The van der Waals surface area contributed by atoms with E-state index in [2.05, 4.69) is 0 Å². The maximum absolute atomic E-state index is 12.7. The lowest BCUT2D eigenvalue weighted by Crippen LogP contribution is -2.53. The van der Waals surface area contributed by atoms with Crippen molar-refractivity contribution >= 4 is 29.3 Å². The number of hydrogen-bond acceptors (Lipinski definition) is 4. The van der Waals surface area contributed by atoms with Crippen LogP contribution in [0.5, 0.6) is 5.75 Å². The zero-order valence-corrected chi connectivity index (χ0v) is 16.1. The fraction of sp³-hybridized carbons (Fsp3) is 0.600. The highest BCUT2D eigenvalue weighted by Gasteiger charge is 2.49. The van der Waals surface area contributed by atoms with Crippen molar-refractivity contribution in [3.8, 4) is 5.75 Å². The van der Waals surface area contributed by atoms with Crippen LogP contribution in [0.2, 0.25) is 0 Å². The number of thioether (sulfide) groups is 1. The third kappa shape index (κ3) is 3.08. The molecule has 3 aliphatic rings. The van der Waals surface area contributed by atoms with Crippen molar-refractivity contribution in [1.29, 1.82) is 0 Å². The number of nitrogens with zero attached hydrogens (tertiary/aromatic N) is 2. The van der Waals surface area contributed by atoms with Gasteiger partial charge >= 0.3 is 0 Å². The van der Waals surface area contributed by atoms with Gasteiger partial charge in [0.2, 0.25) is 11.8 Å². The Hall–Kier alpha value is -1.69. The van der Waals surface area contributed by atoms with Crippen molar-refractivity contribution in [3.05, 3.63) is 24.3 Å². The fourth-order valence-electron chi connectivity index (χ4n) is 4.56. The number of hydrogen-bond donors (Lipinski definition) is 0. The zero-order chi connectivity index (χ0) is 18.1. The molecule has 2 heterocycles. The molecule has 1 saturated carbocycles. The third-order valence-corrected chi connectivity index (χ3v) is 7.51. The maximum Gasteiger partial charge on any atom is 0.238 e. The van der Waals surface area contributed by atoms with Gasteiger partial charge in [-0.3, -0.25) is 14.5 Å². The molecule has 26 heavy (non-hydrogen) atoms. The first-order valence-electron chi connectivity index (χ1n) is 9.53. The van der Waals surface area contributed by atoms with E-state index >= 15 is 0 Å². The number of likely N-dealkylation sites (tertiary alicyclic amines) is 1. The van der Waals surface area contributed by atoms with Crippen LogP contribution >= 0.6 is 11.8 Å². The molecule has 0 bridgehead atoms. The average molecular weight is 375 g/mol. The van der Waals surface area contributed by atoms with E-state index in [-0.39, 0.29) is 16.7 Å². The quantitative estimate of drug-likeness (QED) is 0.815. The molecule has 3 fully saturated rings. The summed E-state index contributed by atoms with van der Waals surface area (Å²) in [6.45, 7) is 1.49. The molecule has 140 valence electrons. The Morgan fingerprint density at radius 3 is 2.65 bits per heavy atom. The lowest BCUT2D eigenvalue weighted by Gasteiger charge is -2.44. The number of methoxy groups -OCH3 is 1. The lowest BCUT2D eigenvalue weighted by atomic mass is 9.98. The molecular formula is C20H26N2O3S. The summed E-state index contributed by atoms with van der Waals surface area (Å²) < 4.78 is 5.33. The predicted molar refractivity (Wildman–Crippen MR) is 103 cm³/mol. The van der Waals surface area contributed by atoms with E-state index < -0.39 is 0 Å². The molecule has 2 saturated heterocycles. The second-order valence-electron chi connectivity index (χ2n) is 7.47. The first kappa shape index (κ1) is 17.7. The van der Waals surface area contributed by atoms with Gasteiger partial charge in [-0.05, 0) is 37.8 Å². The summed E-state index contributed by atoms with van der Waals surface area (Å²) in [6.07, 6.45) is 6.12. The number of rotatable bonds is 3. The SMILES string of the molecule is COc1cccc(N2C(=O)CSC23CCN(C(=O)C2CCCC2)CC3)c1. The second-order valence-corrected chi connectivity index (χ2v) is 8.81. The molecule has 1 aromatic rings. The summed E-state index contributed by atoms with van der Waals surface area (Å²) in [6, 6.07) is 7.73. The Morgan fingerprint density at radius 2 is 1.96 bits per heavy atom. The first-order valence-corrected chi connectivity index (χ1v) is 10.5. The summed E-state index contributed by atoms with van der Waals surface area (Å²) in [4.78, 5) is 29.1. The minimum Gasteiger partial charge on any atom is -0.497 e. The molecule has 0 N–H and O–H groups in total. The van der Waals surface area contributed by atoms with Gasteiger partial charge in [-0.25, -0.2) is 0 Å². The Labute approximate surface area is 159 Å². The van der Waals surface area contributed by atoms with Crippen LogP contribution in [-0.4, -0.2) is 47.5 Å². The van der Waals surface area contributed by atoms with E-state index in [4.69, 9.17) is 4.74 Å². The van der Waals surface area contributed by atoms with Crippen molar-refractivity contribution in [3.63, 3.8) is 0 Å². The Bertz CT molecular complexity index is 694. The Balaban J connectivity index is 1.51.